The van der Waals surface area contributed by atoms with Crippen molar-refractivity contribution in [1.29, 1.82) is 0 Å². The van der Waals surface area contributed by atoms with Gasteiger partial charge >= 0.3 is 0 Å². The number of halogens is 1. The highest BCUT2D eigenvalue weighted by molar-refractivity contribution is 9.10. The molecule has 2 aromatic rings. The van der Waals surface area contributed by atoms with Crippen molar-refractivity contribution in [2.24, 2.45) is 5.73 Å². The molecule has 0 saturated heterocycles. The first kappa shape index (κ1) is 14.8. The monoisotopic (exact) mass is 348 g/mol. The maximum absolute atomic E-state index is 12.1. The maximum Gasteiger partial charge on any atom is 0.251 e. The summed E-state index contributed by atoms with van der Waals surface area (Å²) in [4.78, 5) is 13.2. The molecule has 20 heavy (non-hydrogen) atoms. The highest BCUT2D eigenvalue weighted by Gasteiger charge is 2.06. The Balaban J connectivity index is 2.01. The topological polar surface area (TPSA) is 55.1 Å². The number of benzene rings is 1. The number of rotatable bonds is 3. The first-order valence-corrected chi connectivity index (χ1v) is 7.66. The molecule has 102 valence electrons. The Hall–Kier alpha value is -1.61. The summed E-state index contributed by atoms with van der Waals surface area (Å²) in [6.07, 6.45) is 0. The molecule has 0 bridgehead atoms. The van der Waals surface area contributed by atoms with E-state index in [4.69, 9.17) is 5.73 Å². The lowest BCUT2D eigenvalue weighted by atomic mass is 10.1. The molecule has 2 rings (SSSR count). The summed E-state index contributed by atoms with van der Waals surface area (Å²) in [6.45, 7) is 0.831. The second-order valence-corrected chi connectivity index (χ2v) is 5.91. The van der Waals surface area contributed by atoms with E-state index < -0.39 is 0 Å². The number of thiophene rings is 1. The lowest BCUT2D eigenvalue weighted by molar-refractivity contribution is 0.0951. The minimum atomic E-state index is -0.106. The van der Waals surface area contributed by atoms with Gasteiger partial charge in [-0.15, -0.1) is 11.3 Å². The minimum absolute atomic E-state index is 0.106. The zero-order chi connectivity index (χ0) is 14.4. The predicted octanol–water partition coefficient (Wildman–Crippen LogP) is 2.75. The van der Waals surface area contributed by atoms with Crippen molar-refractivity contribution in [2.45, 2.75) is 6.54 Å². The third-order valence-electron chi connectivity index (χ3n) is 2.50. The van der Waals surface area contributed by atoms with Crippen molar-refractivity contribution >= 4 is 33.2 Å². The van der Waals surface area contributed by atoms with Crippen LogP contribution in [0.15, 0.2) is 40.2 Å². The number of carbonyl (C=O) groups excluding carboxylic acids is 1. The number of hydrogen-bond donors (Lipinski definition) is 2. The van der Waals surface area contributed by atoms with Crippen LogP contribution in [-0.2, 0) is 6.54 Å². The molecule has 1 heterocycles. The van der Waals surface area contributed by atoms with E-state index >= 15 is 0 Å². The van der Waals surface area contributed by atoms with Gasteiger partial charge in [0.25, 0.3) is 5.91 Å². The Kier molecular flexibility index (Phi) is 5.36. The van der Waals surface area contributed by atoms with Crippen LogP contribution in [0.25, 0.3) is 0 Å². The third kappa shape index (κ3) is 4.20. The van der Waals surface area contributed by atoms with E-state index in [0.717, 1.165) is 14.9 Å². The van der Waals surface area contributed by atoms with E-state index in [1.54, 1.807) is 23.5 Å². The number of amides is 1. The van der Waals surface area contributed by atoms with Crippen molar-refractivity contribution in [3.05, 3.63) is 56.2 Å². The van der Waals surface area contributed by atoms with E-state index in [2.05, 4.69) is 33.1 Å². The molecule has 0 unspecified atom stereocenters. The Bertz CT molecular complexity index is 670. The van der Waals surface area contributed by atoms with Crippen LogP contribution in [0.3, 0.4) is 0 Å². The fourth-order valence-corrected chi connectivity index (χ4v) is 3.00. The summed E-state index contributed by atoms with van der Waals surface area (Å²) < 4.78 is 1.03. The van der Waals surface area contributed by atoms with E-state index in [1.807, 2.05) is 23.6 Å². The van der Waals surface area contributed by atoms with Gasteiger partial charge in [0.05, 0.1) is 13.1 Å². The van der Waals surface area contributed by atoms with Crippen LogP contribution in [-0.4, -0.2) is 12.5 Å². The van der Waals surface area contributed by atoms with Gasteiger partial charge in [-0.2, -0.15) is 0 Å². The molecule has 0 aliphatic carbocycles. The zero-order valence-corrected chi connectivity index (χ0v) is 13.1. The molecule has 0 spiro atoms. The molecule has 5 heteroatoms. The van der Waals surface area contributed by atoms with Gasteiger partial charge in [-0.25, -0.2) is 0 Å². The van der Waals surface area contributed by atoms with Crippen molar-refractivity contribution in [3.8, 4) is 11.8 Å². The standard InChI is InChI=1S/C15H13BrN2OS/c16-13-8-14(20-10-13)9-18-15(19)12-5-1-3-11(7-12)4-2-6-17/h1,3,5,7-8,10H,6,9,17H2,(H,18,19). The van der Waals surface area contributed by atoms with Crippen LogP contribution >= 0.6 is 27.3 Å². The summed E-state index contributed by atoms with van der Waals surface area (Å²) in [5, 5.41) is 4.88. The summed E-state index contributed by atoms with van der Waals surface area (Å²) >= 11 is 4.99. The quantitative estimate of drug-likeness (QED) is 0.838. The molecule has 0 aliphatic heterocycles. The smallest absolute Gasteiger partial charge is 0.251 e. The van der Waals surface area contributed by atoms with Gasteiger partial charge in [-0.05, 0) is 40.2 Å². The van der Waals surface area contributed by atoms with E-state index in [-0.39, 0.29) is 5.91 Å². The van der Waals surface area contributed by atoms with Crippen LogP contribution in [0, 0.1) is 11.8 Å². The third-order valence-corrected chi connectivity index (χ3v) is 4.20. The molecule has 0 radical (unpaired) electrons. The Morgan fingerprint density at radius 2 is 2.25 bits per heavy atom. The van der Waals surface area contributed by atoms with E-state index in [9.17, 15) is 4.79 Å². The van der Waals surface area contributed by atoms with Crippen molar-refractivity contribution in [2.75, 3.05) is 6.54 Å². The van der Waals surface area contributed by atoms with Crippen molar-refractivity contribution in [1.82, 2.24) is 5.32 Å². The van der Waals surface area contributed by atoms with Crippen LogP contribution < -0.4 is 11.1 Å². The van der Waals surface area contributed by atoms with Gasteiger partial charge < -0.3 is 11.1 Å². The second-order valence-electron chi connectivity index (χ2n) is 4.00. The highest BCUT2D eigenvalue weighted by atomic mass is 79.9. The molecular weight excluding hydrogens is 336 g/mol. The van der Waals surface area contributed by atoms with Crippen LogP contribution in [0.5, 0.6) is 0 Å². The molecule has 1 aromatic carbocycles. The predicted molar refractivity (Wildman–Crippen MR) is 85.6 cm³/mol. The van der Waals surface area contributed by atoms with Crippen LogP contribution in [0.2, 0.25) is 0 Å². The summed E-state index contributed by atoms with van der Waals surface area (Å²) in [6, 6.07) is 9.21. The molecule has 3 N–H and O–H groups in total. The molecule has 0 saturated carbocycles. The van der Waals surface area contributed by atoms with Gasteiger partial charge in [0.2, 0.25) is 0 Å². The average Bonchev–Trinajstić information content (AvgIpc) is 2.88. The molecule has 3 nitrogen and oxygen atoms in total. The molecule has 0 aliphatic rings. The first-order valence-electron chi connectivity index (χ1n) is 5.99. The van der Waals surface area contributed by atoms with Gasteiger partial charge in [0.15, 0.2) is 0 Å². The highest BCUT2D eigenvalue weighted by Crippen LogP contribution is 2.19. The lowest BCUT2D eigenvalue weighted by Crippen LogP contribution is -2.22. The average molecular weight is 349 g/mol. The molecule has 0 atom stereocenters. The van der Waals surface area contributed by atoms with Crippen molar-refractivity contribution < 1.29 is 4.79 Å². The normalized spacial score (nSPS) is 9.70. The maximum atomic E-state index is 12.1. The number of nitrogens with two attached hydrogens (primary N) is 1. The SMILES string of the molecule is NCC#Cc1cccc(C(=O)NCc2cc(Br)cs2)c1. The lowest BCUT2D eigenvalue weighted by Gasteiger charge is -2.04. The first-order chi connectivity index (χ1) is 9.69. The van der Waals surface area contributed by atoms with E-state index in [0.29, 0.717) is 18.7 Å². The Morgan fingerprint density at radius 3 is 2.95 bits per heavy atom. The summed E-state index contributed by atoms with van der Waals surface area (Å²) in [7, 11) is 0. The molecular formula is C15H13BrN2OS. The Morgan fingerprint density at radius 1 is 1.40 bits per heavy atom. The number of nitrogens with one attached hydrogen (secondary N) is 1. The van der Waals surface area contributed by atoms with Gasteiger partial charge in [-0.3, -0.25) is 4.79 Å². The van der Waals surface area contributed by atoms with Gasteiger partial charge in [0.1, 0.15) is 0 Å². The van der Waals surface area contributed by atoms with Crippen molar-refractivity contribution in [3.63, 3.8) is 0 Å². The Labute approximate surface area is 130 Å². The van der Waals surface area contributed by atoms with E-state index in [1.165, 1.54) is 0 Å². The largest absolute Gasteiger partial charge is 0.347 e. The molecule has 1 amide bonds. The molecule has 0 fully saturated rings. The van der Waals surface area contributed by atoms with Gasteiger partial charge in [0, 0.05) is 25.9 Å². The fourth-order valence-electron chi connectivity index (χ4n) is 1.61. The summed E-state index contributed by atoms with van der Waals surface area (Å²) in [5.74, 6) is 5.59. The second kappa shape index (κ2) is 7.25. The van der Waals surface area contributed by atoms with Gasteiger partial charge in [-0.1, -0.05) is 17.9 Å². The zero-order valence-electron chi connectivity index (χ0n) is 10.7. The fraction of sp³-hybridized carbons (Fsp3) is 0.133. The van der Waals surface area contributed by atoms with Crippen LogP contribution in [0.1, 0.15) is 20.8 Å². The molecule has 1 aromatic heterocycles. The minimum Gasteiger partial charge on any atom is -0.347 e. The number of carbonyl (C=O) groups is 1. The number of hydrogen-bond acceptors (Lipinski definition) is 3. The van der Waals surface area contributed by atoms with Crippen LogP contribution in [0.4, 0.5) is 0 Å². The summed E-state index contributed by atoms with van der Waals surface area (Å²) in [5.41, 5.74) is 6.73.